The van der Waals surface area contributed by atoms with Crippen LogP contribution in [0.1, 0.15) is 37.9 Å². The van der Waals surface area contributed by atoms with Gasteiger partial charge in [-0.05, 0) is 37.5 Å². The van der Waals surface area contributed by atoms with Crippen molar-refractivity contribution in [2.75, 3.05) is 23.3 Å². The van der Waals surface area contributed by atoms with Crippen LogP contribution < -0.4 is 10.2 Å². The third kappa shape index (κ3) is 4.69. The Morgan fingerprint density at radius 3 is 2.36 bits per heavy atom. The molecule has 2 rings (SSSR count). The lowest BCUT2D eigenvalue weighted by atomic mass is 10.3. The molecule has 118 valence electrons. The molecule has 2 heterocycles. The van der Waals surface area contributed by atoms with Crippen molar-refractivity contribution in [1.29, 1.82) is 0 Å². The average molecular weight is 299 g/mol. The maximum absolute atomic E-state index is 4.67. The van der Waals surface area contributed by atoms with E-state index in [1.165, 1.54) is 5.56 Å². The highest BCUT2D eigenvalue weighted by molar-refractivity contribution is 5.45. The van der Waals surface area contributed by atoms with Gasteiger partial charge >= 0.3 is 0 Å². The van der Waals surface area contributed by atoms with Crippen molar-refractivity contribution in [3.8, 4) is 0 Å². The van der Waals surface area contributed by atoms with Gasteiger partial charge in [-0.2, -0.15) is 4.98 Å². The summed E-state index contributed by atoms with van der Waals surface area (Å²) in [4.78, 5) is 15.5. The summed E-state index contributed by atoms with van der Waals surface area (Å²) >= 11 is 0. The van der Waals surface area contributed by atoms with Crippen molar-refractivity contribution in [2.24, 2.45) is 0 Å². The van der Waals surface area contributed by atoms with Crippen LogP contribution in [-0.2, 0) is 6.54 Å². The summed E-state index contributed by atoms with van der Waals surface area (Å²) in [6, 6.07) is 6.04. The zero-order valence-electron chi connectivity index (χ0n) is 13.7. The highest BCUT2D eigenvalue weighted by Gasteiger charge is 2.09. The van der Waals surface area contributed by atoms with Gasteiger partial charge in [-0.3, -0.25) is 4.98 Å². The Morgan fingerprint density at radius 2 is 1.73 bits per heavy atom. The average Bonchev–Trinajstić information content (AvgIpc) is 2.53. The molecule has 0 aliphatic rings. The topological polar surface area (TPSA) is 53.9 Å². The number of aromatic nitrogens is 3. The SMILES string of the molecule is CCCN(CCC)c1cc(C)nc(NCc2ccncc2)n1. The Bertz CT molecular complexity index is 565. The van der Waals surface area contributed by atoms with Gasteiger partial charge < -0.3 is 10.2 Å². The van der Waals surface area contributed by atoms with E-state index in [-0.39, 0.29) is 0 Å². The molecule has 2 aromatic heterocycles. The molecule has 0 aliphatic carbocycles. The van der Waals surface area contributed by atoms with Crippen LogP contribution in [0.2, 0.25) is 0 Å². The number of anilines is 2. The fourth-order valence-electron chi connectivity index (χ4n) is 2.36. The molecular weight excluding hydrogens is 274 g/mol. The number of rotatable bonds is 8. The van der Waals surface area contributed by atoms with Gasteiger partial charge in [0.25, 0.3) is 0 Å². The van der Waals surface area contributed by atoms with Crippen LogP contribution in [0, 0.1) is 6.92 Å². The highest BCUT2D eigenvalue weighted by Crippen LogP contribution is 2.16. The van der Waals surface area contributed by atoms with Crippen LogP contribution in [0.5, 0.6) is 0 Å². The summed E-state index contributed by atoms with van der Waals surface area (Å²) in [5, 5.41) is 3.30. The second-order valence-electron chi connectivity index (χ2n) is 5.39. The van der Waals surface area contributed by atoms with Crippen LogP contribution >= 0.6 is 0 Å². The number of hydrogen-bond donors (Lipinski definition) is 1. The van der Waals surface area contributed by atoms with Crippen molar-refractivity contribution < 1.29 is 0 Å². The number of nitrogens with zero attached hydrogens (tertiary/aromatic N) is 4. The second kappa shape index (κ2) is 8.32. The van der Waals surface area contributed by atoms with E-state index in [9.17, 15) is 0 Å². The molecule has 0 fully saturated rings. The monoisotopic (exact) mass is 299 g/mol. The standard InChI is InChI=1S/C17H25N5/c1-4-10-22(11-5-2)16-12-14(3)20-17(21-16)19-13-15-6-8-18-9-7-15/h6-9,12H,4-5,10-11,13H2,1-3H3,(H,19,20,21). The molecule has 0 radical (unpaired) electrons. The lowest BCUT2D eigenvalue weighted by molar-refractivity contribution is 0.732. The fourth-order valence-corrected chi connectivity index (χ4v) is 2.36. The fraction of sp³-hybridized carbons (Fsp3) is 0.471. The molecule has 0 bridgehead atoms. The number of aryl methyl sites for hydroxylation is 1. The Kier molecular flexibility index (Phi) is 6.13. The Hall–Kier alpha value is -2.17. The molecule has 5 heteroatoms. The first-order chi connectivity index (χ1) is 10.7. The molecule has 0 aromatic carbocycles. The molecule has 0 saturated carbocycles. The van der Waals surface area contributed by atoms with Gasteiger partial charge in [-0.1, -0.05) is 13.8 Å². The third-order valence-electron chi connectivity index (χ3n) is 3.35. The van der Waals surface area contributed by atoms with Gasteiger partial charge in [0.15, 0.2) is 0 Å². The molecule has 5 nitrogen and oxygen atoms in total. The zero-order valence-corrected chi connectivity index (χ0v) is 13.7. The third-order valence-corrected chi connectivity index (χ3v) is 3.35. The minimum atomic E-state index is 0.684. The number of hydrogen-bond acceptors (Lipinski definition) is 5. The minimum Gasteiger partial charge on any atom is -0.356 e. The molecule has 1 N–H and O–H groups in total. The Labute approximate surface area is 132 Å². The van der Waals surface area contributed by atoms with Gasteiger partial charge in [-0.15, -0.1) is 0 Å². The van der Waals surface area contributed by atoms with Gasteiger partial charge in [-0.25, -0.2) is 4.98 Å². The molecule has 0 aliphatic heterocycles. The van der Waals surface area contributed by atoms with E-state index in [0.29, 0.717) is 12.5 Å². The van der Waals surface area contributed by atoms with Crippen LogP contribution in [0.3, 0.4) is 0 Å². The molecule has 0 amide bonds. The number of nitrogens with one attached hydrogen (secondary N) is 1. The maximum atomic E-state index is 4.67. The summed E-state index contributed by atoms with van der Waals surface area (Å²) in [6.07, 6.45) is 5.82. The van der Waals surface area contributed by atoms with Crippen LogP contribution in [0.15, 0.2) is 30.6 Å². The lowest BCUT2D eigenvalue weighted by Crippen LogP contribution is -2.26. The zero-order chi connectivity index (χ0) is 15.8. The van der Waals surface area contributed by atoms with Crippen molar-refractivity contribution in [1.82, 2.24) is 15.0 Å². The summed E-state index contributed by atoms with van der Waals surface area (Å²) in [5.41, 5.74) is 2.15. The largest absolute Gasteiger partial charge is 0.356 e. The second-order valence-corrected chi connectivity index (χ2v) is 5.39. The van der Waals surface area contributed by atoms with Crippen LogP contribution in [0.25, 0.3) is 0 Å². The van der Waals surface area contributed by atoms with E-state index in [1.807, 2.05) is 19.1 Å². The van der Waals surface area contributed by atoms with E-state index < -0.39 is 0 Å². The molecule has 0 atom stereocenters. The Balaban J connectivity index is 2.11. The van der Waals surface area contributed by atoms with Crippen molar-refractivity contribution >= 4 is 11.8 Å². The van der Waals surface area contributed by atoms with Gasteiger partial charge in [0.1, 0.15) is 5.82 Å². The molecule has 2 aromatic rings. The van der Waals surface area contributed by atoms with E-state index >= 15 is 0 Å². The summed E-state index contributed by atoms with van der Waals surface area (Å²) in [5.74, 6) is 1.69. The summed E-state index contributed by atoms with van der Waals surface area (Å²) in [6.45, 7) is 9.15. The highest BCUT2D eigenvalue weighted by atomic mass is 15.2. The van der Waals surface area contributed by atoms with E-state index in [4.69, 9.17) is 0 Å². The summed E-state index contributed by atoms with van der Waals surface area (Å²) in [7, 11) is 0. The molecular formula is C17H25N5. The van der Waals surface area contributed by atoms with Gasteiger partial charge in [0.2, 0.25) is 5.95 Å². The quantitative estimate of drug-likeness (QED) is 0.809. The number of pyridine rings is 1. The summed E-state index contributed by atoms with van der Waals surface area (Å²) < 4.78 is 0. The minimum absolute atomic E-state index is 0.684. The first kappa shape index (κ1) is 16.2. The van der Waals surface area contributed by atoms with Crippen molar-refractivity contribution in [2.45, 2.75) is 40.2 Å². The molecule has 22 heavy (non-hydrogen) atoms. The lowest BCUT2D eigenvalue weighted by Gasteiger charge is -2.23. The first-order valence-corrected chi connectivity index (χ1v) is 7.96. The normalized spacial score (nSPS) is 10.5. The first-order valence-electron chi connectivity index (χ1n) is 7.96. The van der Waals surface area contributed by atoms with Crippen molar-refractivity contribution in [3.63, 3.8) is 0 Å². The predicted molar refractivity (Wildman–Crippen MR) is 91.1 cm³/mol. The maximum Gasteiger partial charge on any atom is 0.225 e. The Morgan fingerprint density at radius 1 is 1.05 bits per heavy atom. The smallest absolute Gasteiger partial charge is 0.225 e. The van der Waals surface area contributed by atoms with E-state index in [0.717, 1.165) is 37.4 Å². The van der Waals surface area contributed by atoms with Crippen LogP contribution in [0.4, 0.5) is 11.8 Å². The molecule has 0 unspecified atom stereocenters. The van der Waals surface area contributed by atoms with Gasteiger partial charge in [0.05, 0.1) is 0 Å². The van der Waals surface area contributed by atoms with Crippen LogP contribution in [-0.4, -0.2) is 28.0 Å². The molecule has 0 spiro atoms. The van der Waals surface area contributed by atoms with E-state index in [2.05, 4.69) is 45.1 Å². The molecule has 0 saturated heterocycles. The van der Waals surface area contributed by atoms with Crippen molar-refractivity contribution in [3.05, 3.63) is 41.9 Å². The van der Waals surface area contributed by atoms with Gasteiger partial charge in [0, 0.05) is 43.8 Å². The predicted octanol–water partition coefficient (Wildman–Crippen LogP) is 3.42. The van der Waals surface area contributed by atoms with E-state index in [1.54, 1.807) is 12.4 Å².